The number of hydrogen-bond acceptors (Lipinski definition) is 6. The number of ether oxygens (including phenoxy) is 2. The Bertz CT molecular complexity index is 226. The molecule has 76 valence electrons. The Balaban J connectivity index is 3.54. The third-order valence-electron chi connectivity index (χ3n) is 1.15. The van der Waals surface area contributed by atoms with E-state index in [1.807, 2.05) is 0 Å². The van der Waals surface area contributed by atoms with Crippen molar-refractivity contribution in [2.24, 2.45) is 0 Å². The Kier molecular flexibility index (Phi) is 6.18. The molecule has 14 heavy (non-hydrogen) atoms. The lowest BCUT2D eigenvalue weighted by Gasteiger charge is -2.04. The highest BCUT2D eigenvalue weighted by molar-refractivity contribution is 6.07. The van der Waals surface area contributed by atoms with Gasteiger partial charge in [-0.1, -0.05) is 6.92 Å². The SMILES string of the molecule is [B]OC(=O)CC(=O)OCOC(=O)CC. The van der Waals surface area contributed by atoms with Crippen molar-refractivity contribution in [3.05, 3.63) is 0 Å². The first-order valence-corrected chi connectivity index (χ1v) is 3.81. The summed E-state index contributed by atoms with van der Waals surface area (Å²) in [6.45, 7) is 1.08. The van der Waals surface area contributed by atoms with Crippen molar-refractivity contribution in [3.63, 3.8) is 0 Å². The molecule has 0 saturated heterocycles. The van der Waals surface area contributed by atoms with E-state index in [0.29, 0.717) is 0 Å². The largest absolute Gasteiger partial charge is 0.543 e. The second-order valence-corrected chi connectivity index (χ2v) is 2.17. The topological polar surface area (TPSA) is 78.9 Å². The van der Waals surface area contributed by atoms with Crippen LogP contribution in [0.4, 0.5) is 0 Å². The van der Waals surface area contributed by atoms with Crippen molar-refractivity contribution in [1.82, 2.24) is 0 Å². The van der Waals surface area contributed by atoms with E-state index in [1.165, 1.54) is 0 Å². The zero-order valence-corrected chi connectivity index (χ0v) is 7.65. The Morgan fingerprint density at radius 2 is 1.64 bits per heavy atom. The molecule has 0 fully saturated rings. The first-order valence-electron chi connectivity index (χ1n) is 3.81. The summed E-state index contributed by atoms with van der Waals surface area (Å²) in [6.07, 6.45) is -0.428. The van der Waals surface area contributed by atoms with Gasteiger partial charge in [-0.05, 0) is 0 Å². The van der Waals surface area contributed by atoms with E-state index in [-0.39, 0.29) is 6.42 Å². The van der Waals surface area contributed by atoms with Gasteiger partial charge in [0.25, 0.3) is 5.97 Å². The molecule has 2 radical (unpaired) electrons. The van der Waals surface area contributed by atoms with Crippen LogP contribution >= 0.6 is 0 Å². The predicted molar refractivity (Wildman–Crippen MR) is 43.8 cm³/mol. The molecule has 0 aliphatic heterocycles. The van der Waals surface area contributed by atoms with Crippen LogP contribution in [-0.4, -0.2) is 32.7 Å². The minimum atomic E-state index is -0.920. The summed E-state index contributed by atoms with van der Waals surface area (Å²) in [4.78, 5) is 31.7. The molecule has 0 rings (SSSR count). The maximum absolute atomic E-state index is 10.7. The van der Waals surface area contributed by atoms with Gasteiger partial charge in [0.15, 0.2) is 0 Å². The quantitative estimate of drug-likeness (QED) is 0.256. The van der Waals surface area contributed by atoms with E-state index >= 15 is 0 Å². The molecule has 0 saturated carbocycles. The molecule has 0 aromatic rings. The summed E-state index contributed by atoms with van der Waals surface area (Å²) < 4.78 is 12.5. The molecule has 0 aromatic heterocycles. The standard InChI is InChI=1S/C7H9BO6/c1-2-5(9)12-4-13-6(10)3-7(11)14-8/h2-4H2,1H3. The molecule has 0 unspecified atom stereocenters. The fourth-order valence-corrected chi connectivity index (χ4v) is 0.474. The first-order chi connectivity index (χ1) is 6.60. The third-order valence-corrected chi connectivity index (χ3v) is 1.15. The lowest BCUT2D eigenvalue weighted by molar-refractivity contribution is -0.168. The minimum Gasteiger partial charge on any atom is -0.543 e. The Labute approximate surface area is 81.9 Å². The van der Waals surface area contributed by atoms with E-state index in [2.05, 4.69) is 22.2 Å². The van der Waals surface area contributed by atoms with Gasteiger partial charge in [-0.2, -0.15) is 0 Å². The molecule has 0 aromatic carbocycles. The Morgan fingerprint density at radius 1 is 1.07 bits per heavy atom. The third kappa shape index (κ3) is 6.04. The fraction of sp³-hybridized carbons (Fsp3) is 0.571. The highest BCUT2D eigenvalue weighted by atomic mass is 16.7. The maximum atomic E-state index is 10.7. The van der Waals surface area contributed by atoms with Crippen LogP contribution in [0.25, 0.3) is 0 Å². The minimum absolute atomic E-state index is 0.183. The summed E-state index contributed by atoms with van der Waals surface area (Å²) in [6, 6.07) is 0. The lowest BCUT2D eigenvalue weighted by atomic mass is 10.4. The van der Waals surface area contributed by atoms with E-state index in [0.717, 1.165) is 0 Å². The van der Waals surface area contributed by atoms with Crippen molar-refractivity contribution < 1.29 is 28.5 Å². The van der Waals surface area contributed by atoms with Gasteiger partial charge in [-0.3, -0.25) is 14.4 Å². The van der Waals surface area contributed by atoms with E-state index in [9.17, 15) is 14.4 Å². The first kappa shape index (κ1) is 12.5. The van der Waals surface area contributed by atoms with Crippen LogP contribution in [0.2, 0.25) is 0 Å². The predicted octanol–water partition coefficient (Wildman–Crippen LogP) is -0.543. The smallest absolute Gasteiger partial charge is 0.378 e. The van der Waals surface area contributed by atoms with Crippen molar-refractivity contribution in [1.29, 1.82) is 0 Å². The van der Waals surface area contributed by atoms with Crippen molar-refractivity contribution in [2.75, 3.05) is 6.79 Å². The molecular formula is C7H9BO6. The summed E-state index contributed by atoms with van der Waals surface area (Å²) in [7, 11) is 4.48. The molecule has 6 nitrogen and oxygen atoms in total. The maximum Gasteiger partial charge on any atom is 0.378 e. The summed E-state index contributed by atoms with van der Waals surface area (Å²) >= 11 is 0. The zero-order valence-electron chi connectivity index (χ0n) is 7.65. The molecule has 7 heteroatoms. The van der Waals surface area contributed by atoms with Gasteiger partial charge < -0.3 is 14.1 Å². The van der Waals surface area contributed by atoms with Gasteiger partial charge in [0.1, 0.15) is 6.42 Å². The molecule has 0 aliphatic carbocycles. The Hall–Kier alpha value is -1.53. The zero-order chi connectivity index (χ0) is 11.0. The molecule has 0 aliphatic rings. The average Bonchev–Trinajstić information content (AvgIpc) is 2.17. The van der Waals surface area contributed by atoms with Crippen molar-refractivity contribution in [2.45, 2.75) is 19.8 Å². The average molecular weight is 200 g/mol. The molecular weight excluding hydrogens is 191 g/mol. The monoisotopic (exact) mass is 200 g/mol. The van der Waals surface area contributed by atoms with Gasteiger partial charge in [-0.25, -0.2) is 0 Å². The van der Waals surface area contributed by atoms with E-state index in [1.54, 1.807) is 6.92 Å². The van der Waals surface area contributed by atoms with E-state index in [4.69, 9.17) is 0 Å². The van der Waals surface area contributed by atoms with Gasteiger partial charge in [0.05, 0.1) is 0 Å². The second kappa shape index (κ2) is 6.93. The van der Waals surface area contributed by atoms with Gasteiger partial charge >= 0.3 is 20.0 Å². The lowest BCUT2D eigenvalue weighted by Crippen LogP contribution is -2.16. The molecule has 0 N–H and O–H groups in total. The highest BCUT2D eigenvalue weighted by Gasteiger charge is 2.10. The number of carbonyl (C=O) groups excluding carboxylic acids is 3. The van der Waals surface area contributed by atoms with Crippen LogP contribution in [0.15, 0.2) is 0 Å². The fourth-order valence-electron chi connectivity index (χ4n) is 0.474. The molecule has 0 spiro atoms. The van der Waals surface area contributed by atoms with Crippen LogP contribution < -0.4 is 0 Å². The number of hydrogen-bond donors (Lipinski definition) is 0. The van der Waals surface area contributed by atoms with Crippen LogP contribution in [0, 0.1) is 0 Å². The van der Waals surface area contributed by atoms with Gasteiger partial charge in [-0.15, -0.1) is 0 Å². The highest BCUT2D eigenvalue weighted by Crippen LogP contribution is 1.91. The number of esters is 2. The molecule has 0 heterocycles. The van der Waals surface area contributed by atoms with Gasteiger partial charge in [0.2, 0.25) is 6.79 Å². The molecule has 0 atom stereocenters. The number of carbonyl (C=O) groups is 3. The van der Waals surface area contributed by atoms with Gasteiger partial charge in [0, 0.05) is 6.42 Å². The van der Waals surface area contributed by atoms with Crippen LogP contribution in [-0.2, 0) is 28.5 Å². The summed E-state index contributed by atoms with van der Waals surface area (Å²) in [5.74, 6) is -2.29. The van der Waals surface area contributed by atoms with Crippen LogP contribution in [0.1, 0.15) is 19.8 Å². The summed E-state index contributed by atoms with van der Waals surface area (Å²) in [5.41, 5.74) is 0. The Morgan fingerprint density at radius 3 is 2.14 bits per heavy atom. The van der Waals surface area contributed by atoms with Crippen molar-refractivity contribution >= 4 is 26.0 Å². The van der Waals surface area contributed by atoms with Crippen LogP contribution in [0.3, 0.4) is 0 Å². The van der Waals surface area contributed by atoms with Crippen LogP contribution in [0.5, 0.6) is 0 Å². The molecule has 0 bridgehead atoms. The normalized spacial score (nSPS) is 8.93. The second-order valence-electron chi connectivity index (χ2n) is 2.17. The summed E-state index contributed by atoms with van der Waals surface area (Å²) in [5, 5.41) is 0. The van der Waals surface area contributed by atoms with E-state index < -0.39 is 31.1 Å². The molecule has 0 amide bonds. The number of rotatable bonds is 5. The van der Waals surface area contributed by atoms with Crippen molar-refractivity contribution in [3.8, 4) is 0 Å².